The fraction of sp³-hybridized carbons (Fsp3) is 0.118. The van der Waals surface area contributed by atoms with Crippen LogP contribution in [0.3, 0.4) is 0 Å². The van der Waals surface area contributed by atoms with Crippen molar-refractivity contribution >= 4 is 22.5 Å². The van der Waals surface area contributed by atoms with Crippen molar-refractivity contribution < 1.29 is 0 Å². The van der Waals surface area contributed by atoms with E-state index < -0.39 is 0 Å². The maximum atomic E-state index is 5.72. The van der Waals surface area contributed by atoms with Crippen LogP contribution in [0.4, 0.5) is 0 Å². The lowest BCUT2D eigenvalue weighted by Crippen LogP contribution is -2.03. The van der Waals surface area contributed by atoms with Crippen LogP contribution in [-0.2, 0) is 12.3 Å². The Hall–Kier alpha value is -1.84. The van der Waals surface area contributed by atoms with E-state index in [9.17, 15) is 0 Å². The molecule has 0 spiro atoms. The summed E-state index contributed by atoms with van der Waals surface area (Å²) in [6.07, 6.45) is 1.80. The zero-order valence-electron chi connectivity index (χ0n) is 11.1. The summed E-state index contributed by atoms with van der Waals surface area (Å²) in [5, 5.41) is 2.56. The van der Waals surface area contributed by atoms with E-state index in [-0.39, 0.29) is 0 Å². The molecule has 3 aromatic rings. The summed E-state index contributed by atoms with van der Waals surface area (Å²) in [5.41, 5.74) is 7.92. The van der Waals surface area contributed by atoms with Crippen molar-refractivity contribution in [3.05, 3.63) is 72.1 Å². The van der Waals surface area contributed by atoms with Crippen molar-refractivity contribution in [1.82, 2.24) is 4.98 Å². The third-order valence-corrected chi connectivity index (χ3v) is 4.34. The van der Waals surface area contributed by atoms with E-state index in [4.69, 9.17) is 5.73 Å². The standard InChI is InChI=1S/C17H16N2S/c18-11-17-15(6-3-9-19-17)12-20-16-8-7-13-4-1-2-5-14(13)10-16/h1-10H,11-12,18H2. The third-order valence-electron chi connectivity index (χ3n) is 3.29. The lowest BCUT2D eigenvalue weighted by molar-refractivity contribution is 0.964. The molecule has 1 heterocycles. The Kier molecular flexibility index (Phi) is 4.00. The van der Waals surface area contributed by atoms with E-state index in [1.165, 1.54) is 21.2 Å². The van der Waals surface area contributed by atoms with Gasteiger partial charge in [-0.05, 0) is 34.5 Å². The molecule has 0 saturated heterocycles. The molecule has 3 heteroatoms. The molecule has 0 unspecified atom stereocenters. The number of pyridine rings is 1. The van der Waals surface area contributed by atoms with Crippen molar-refractivity contribution in [3.63, 3.8) is 0 Å². The highest BCUT2D eigenvalue weighted by Gasteiger charge is 2.03. The van der Waals surface area contributed by atoms with Gasteiger partial charge in [0.05, 0.1) is 5.69 Å². The lowest BCUT2D eigenvalue weighted by atomic mass is 10.1. The van der Waals surface area contributed by atoms with Crippen LogP contribution in [0.25, 0.3) is 10.8 Å². The van der Waals surface area contributed by atoms with E-state index in [0.29, 0.717) is 6.54 Å². The number of aromatic nitrogens is 1. The molecule has 3 rings (SSSR count). The summed E-state index contributed by atoms with van der Waals surface area (Å²) >= 11 is 1.82. The lowest BCUT2D eigenvalue weighted by Gasteiger charge is -2.07. The molecule has 2 nitrogen and oxygen atoms in total. The molecule has 0 amide bonds. The molecule has 1 aromatic heterocycles. The molecular formula is C17H16N2S. The average molecular weight is 280 g/mol. The van der Waals surface area contributed by atoms with Gasteiger partial charge in [0.25, 0.3) is 0 Å². The van der Waals surface area contributed by atoms with Crippen molar-refractivity contribution in [1.29, 1.82) is 0 Å². The van der Waals surface area contributed by atoms with Crippen LogP contribution in [0, 0.1) is 0 Å². The predicted octanol–water partition coefficient (Wildman–Crippen LogP) is 3.99. The number of thioether (sulfide) groups is 1. The minimum atomic E-state index is 0.494. The van der Waals surface area contributed by atoms with Crippen LogP contribution < -0.4 is 5.73 Å². The van der Waals surface area contributed by atoms with Crippen molar-refractivity contribution in [2.75, 3.05) is 0 Å². The topological polar surface area (TPSA) is 38.9 Å². The Balaban J connectivity index is 1.79. The third kappa shape index (κ3) is 2.84. The first-order chi connectivity index (χ1) is 9.86. The van der Waals surface area contributed by atoms with Gasteiger partial charge in [-0.1, -0.05) is 36.4 Å². The second-order valence-electron chi connectivity index (χ2n) is 4.61. The number of fused-ring (bicyclic) bond motifs is 1. The molecule has 0 atom stereocenters. The summed E-state index contributed by atoms with van der Waals surface area (Å²) in [5.74, 6) is 0.902. The maximum Gasteiger partial charge on any atom is 0.0579 e. The Labute approximate surface area is 123 Å². The molecule has 0 bridgehead atoms. The molecule has 0 fully saturated rings. The Bertz CT molecular complexity index is 725. The van der Waals surface area contributed by atoms with Crippen molar-refractivity contribution in [2.24, 2.45) is 5.73 Å². The summed E-state index contributed by atoms with van der Waals surface area (Å²) in [7, 11) is 0. The number of benzene rings is 2. The van der Waals surface area contributed by atoms with E-state index in [1.54, 1.807) is 6.20 Å². The van der Waals surface area contributed by atoms with E-state index in [2.05, 4.69) is 53.5 Å². The number of nitrogens with two attached hydrogens (primary N) is 1. The smallest absolute Gasteiger partial charge is 0.0579 e. The summed E-state index contributed by atoms with van der Waals surface area (Å²) in [4.78, 5) is 5.59. The number of rotatable bonds is 4. The molecule has 2 N–H and O–H groups in total. The van der Waals surface area contributed by atoms with Crippen molar-refractivity contribution in [2.45, 2.75) is 17.2 Å². The zero-order valence-corrected chi connectivity index (χ0v) is 11.9. The van der Waals surface area contributed by atoms with Crippen LogP contribution in [-0.4, -0.2) is 4.98 Å². The quantitative estimate of drug-likeness (QED) is 0.735. The molecule has 0 saturated carbocycles. The molecule has 0 aliphatic rings. The fourth-order valence-electron chi connectivity index (χ4n) is 2.20. The van der Waals surface area contributed by atoms with E-state index >= 15 is 0 Å². The van der Waals surface area contributed by atoms with Gasteiger partial charge in [-0.15, -0.1) is 11.8 Å². The SMILES string of the molecule is NCc1ncccc1CSc1ccc2ccccc2c1. The van der Waals surface area contributed by atoms with Gasteiger partial charge in [0, 0.05) is 23.4 Å². The minimum absolute atomic E-state index is 0.494. The van der Waals surface area contributed by atoms with E-state index in [0.717, 1.165) is 11.4 Å². The first-order valence-corrected chi connectivity index (χ1v) is 7.60. The van der Waals surface area contributed by atoms with Gasteiger partial charge in [0.15, 0.2) is 0 Å². The molecule has 2 aromatic carbocycles. The zero-order chi connectivity index (χ0) is 13.8. The first-order valence-electron chi connectivity index (χ1n) is 6.61. The summed E-state index contributed by atoms with van der Waals surface area (Å²) in [6.45, 7) is 0.494. The molecular weight excluding hydrogens is 264 g/mol. The van der Waals surface area contributed by atoms with Crippen LogP contribution in [0.1, 0.15) is 11.3 Å². The predicted molar refractivity (Wildman–Crippen MR) is 85.6 cm³/mol. The molecule has 0 aliphatic heterocycles. The highest BCUT2D eigenvalue weighted by molar-refractivity contribution is 7.98. The Morgan fingerprint density at radius 2 is 1.80 bits per heavy atom. The second-order valence-corrected chi connectivity index (χ2v) is 5.66. The largest absolute Gasteiger partial charge is 0.325 e. The van der Waals surface area contributed by atoms with Gasteiger partial charge in [-0.2, -0.15) is 0 Å². The van der Waals surface area contributed by atoms with Gasteiger partial charge >= 0.3 is 0 Å². The normalized spacial score (nSPS) is 10.8. The van der Waals surface area contributed by atoms with Gasteiger partial charge in [-0.3, -0.25) is 4.98 Å². The van der Waals surface area contributed by atoms with Crippen LogP contribution in [0.15, 0.2) is 65.7 Å². The summed E-state index contributed by atoms with van der Waals surface area (Å²) < 4.78 is 0. The number of nitrogens with zero attached hydrogens (tertiary/aromatic N) is 1. The average Bonchev–Trinajstić information content (AvgIpc) is 2.53. The Morgan fingerprint density at radius 3 is 2.65 bits per heavy atom. The van der Waals surface area contributed by atoms with Crippen LogP contribution >= 0.6 is 11.8 Å². The minimum Gasteiger partial charge on any atom is -0.325 e. The second kappa shape index (κ2) is 6.07. The first kappa shape index (κ1) is 13.2. The number of hydrogen-bond donors (Lipinski definition) is 1. The highest BCUT2D eigenvalue weighted by Crippen LogP contribution is 2.27. The molecule has 20 heavy (non-hydrogen) atoms. The van der Waals surface area contributed by atoms with Crippen molar-refractivity contribution in [3.8, 4) is 0 Å². The summed E-state index contributed by atoms with van der Waals surface area (Å²) in [6, 6.07) is 19.1. The van der Waals surface area contributed by atoms with Crippen LogP contribution in [0.5, 0.6) is 0 Å². The monoisotopic (exact) mass is 280 g/mol. The highest BCUT2D eigenvalue weighted by atomic mass is 32.2. The van der Waals surface area contributed by atoms with Crippen LogP contribution in [0.2, 0.25) is 0 Å². The van der Waals surface area contributed by atoms with Gasteiger partial charge in [0.1, 0.15) is 0 Å². The van der Waals surface area contributed by atoms with Gasteiger partial charge in [-0.25, -0.2) is 0 Å². The molecule has 0 aliphatic carbocycles. The molecule has 100 valence electrons. The van der Waals surface area contributed by atoms with Gasteiger partial charge < -0.3 is 5.73 Å². The Morgan fingerprint density at radius 1 is 0.950 bits per heavy atom. The number of hydrogen-bond acceptors (Lipinski definition) is 3. The van der Waals surface area contributed by atoms with Gasteiger partial charge in [0.2, 0.25) is 0 Å². The fourth-order valence-corrected chi connectivity index (χ4v) is 3.16. The maximum absolute atomic E-state index is 5.72. The molecule has 0 radical (unpaired) electrons. The van der Waals surface area contributed by atoms with E-state index in [1.807, 2.05) is 17.8 Å².